The Morgan fingerprint density at radius 2 is 1.89 bits per heavy atom. The molecule has 0 bridgehead atoms. The molecule has 0 fully saturated rings. The molecule has 0 aliphatic carbocycles. The molecule has 0 amide bonds. The van der Waals surface area contributed by atoms with Gasteiger partial charge in [0, 0.05) is 22.8 Å². The monoisotopic (exact) mass is 322 g/mol. The van der Waals surface area contributed by atoms with E-state index in [1.807, 2.05) is 36.9 Å². The van der Waals surface area contributed by atoms with Crippen LogP contribution < -0.4 is 0 Å². The zero-order valence-corrected chi connectivity index (χ0v) is 13.1. The fourth-order valence-electron chi connectivity index (χ4n) is 2.20. The predicted molar refractivity (Wildman–Crippen MR) is 80.2 cm³/mol. The van der Waals surface area contributed by atoms with Crippen molar-refractivity contribution in [2.75, 3.05) is 0 Å². The molecule has 2 rings (SSSR count). The smallest absolute Gasteiger partial charge is 0.107 e. The Hall–Kier alpha value is -1.13. The first-order chi connectivity index (χ1) is 9.02. The number of aromatic nitrogens is 2. The topological polar surface area (TPSA) is 38.0 Å². The molecule has 1 heterocycles. The van der Waals surface area contributed by atoms with Gasteiger partial charge in [-0.05, 0) is 37.0 Å². The third-order valence-electron chi connectivity index (χ3n) is 3.20. The Morgan fingerprint density at radius 1 is 1.26 bits per heavy atom. The Kier molecular flexibility index (Phi) is 4.42. The average molecular weight is 323 g/mol. The number of hydrogen-bond donors (Lipinski definition) is 1. The van der Waals surface area contributed by atoms with Crippen LogP contribution in [0.3, 0.4) is 0 Å². The highest BCUT2D eigenvalue weighted by Gasteiger charge is 2.14. The normalized spacial score (nSPS) is 12.7. The molecule has 3 nitrogen and oxygen atoms in total. The average Bonchev–Trinajstić information content (AvgIpc) is 2.83. The second kappa shape index (κ2) is 5.88. The molecule has 1 unspecified atom stereocenters. The largest absolute Gasteiger partial charge is 0.384 e. The highest BCUT2D eigenvalue weighted by molar-refractivity contribution is 9.10. The van der Waals surface area contributed by atoms with Crippen LogP contribution in [0.1, 0.15) is 41.7 Å². The van der Waals surface area contributed by atoms with Crippen LogP contribution in [0.5, 0.6) is 0 Å². The molecule has 1 aromatic carbocycles. The van der Waals surface area contributed by atoms with Gasteiger partial charge in [0.05, 0.1) is 6.20 Å². The summed E-state index contributed by atoms with van der Waals surface area (Å²) in [5.41, 5.74) is 4.02. The fourth-order valence-corrected chi connectivity index (χ4v) is 2.43. The summed E-state index contributed by atoms with van der Waals surface area (Å²) in [4.78, 5) is 0. The van der Waals surface area contributed by atoms with Gasteiger partial charge in [-0.3, -0.25) is 4.68 Å². The van der Waals surface area contributed by atoms with Crippen molar-refractivity contribution in [2.24, 2.45) is 0 Å². The van der Waals surface area contributed by atoms with E-state index in [1.54, 1.807) is 6.20 Å². The quantitative estimate of drug-likeness (QED) is 0.930. The highest BCUT2D eigenvalue weighted by Crippen LogP contribution is 2.28. The van der Waals surface area contributed by atoms with Gasteiger partial charge in [0.1, 0.15) is 6.10 Å². The van der Waals surface area contributed by atoms with E-state index >= 15 is 0 Å². The van der Waals surface area contributed by atoms with Crippen molar-refractivity contribution in [3.8, 4) is 0 Å². The van der Waals surface area contributed by atoms with Gasteiger partial charge < -0.3 is 5.11 Å². The van der Waals surface area contributed by atoms with Crippen molar-refractivity contribution >= 4 is 15.9 Å². The van der Waals surface area contributed by atoms with Crippen LogP contribution in [0.15, 0.2) is 29.0 Å². The number of aryl methyl sites for hydroxylation is 3. The lowest BCUT2D eigenvalue weighted by Crippen LogP contribution is -2.01. The highest BCUT2D eigenvalue weighted by atomic mass is 79.9. The summed E-state index contributed by atoms with van der Waals surface area (Å²) in [6, 6.07) is 4.03. The summed E-state index contributed by atoms with van der Waals surface area (Å²) in [7, 11) is 0. The second-order valence-corrected chi connectivity index (χ2v) is 5.70. The number of aliphatic hydroxyl groups excluding tert-OH is 1. The van der Waals surface area contributed by atoms with Crippen molar-refractivity contribution in [1.82, 2.24) is 9.78 Å². The first-order valence-electron chi connectivity index (χ1n) is 6.50. The summed E-state index contributed by atoms with van der Waals surface area (Å²) < 4.78 is 2.97. The van der Waals surface area contributed by atoms with E-state index in [4.69, 9.17) is 0 Å². The molecule has 0 aliphatic heterocycles. The third-order valence-corrected chi connectivity index (χ3v) is 4.45. The van der Waals surface area contributed by atoms with Gasteiger partial charge >= 0.3 is 0 Å². The lowest BCUT2D eigenvalue weighted by Gasteiger charge is -2.12. The Labute approximate surface area is 122 Å². The van der Waals surface area contributed by atoms with Gasteiger partial charge in [0.25, 0.3) is 0 Å². The number of halogens is 1. The molecule has 4 heteroatoms. The van der Waals surface area contributed by atoms with Crippen molar-refractivity contribution in [1.29, 1.82) is 0 Å². The number of hydrogen-bond acceptors (Lipinski definition) is 2. The molecular formula is C15H19BrN2O. The number of aliphatic hydroxyl groups is 1. The molecule has 1 N–H and O–H groups in total. The van der Waals surface area contributed by atoms with E-state index < -0.39 is 6.10 Å². The second-order valence-electron chi connectivity index (χ2n) is 4.91. The van der Waals surface area contributed by atoms with Crippen LogP contribution in [-0.2, 0) is 6.54 Å². The molecule has 1 aromatic heterocycles. The van der Waals surface area contributed by atoms with E-state index in [0.717, 1.165) is 39.7 Å². The van der Waals surface area contributed by atoms with E-state index in [0.29, 0.717) is 0 Å². The molecule has 0 saturated carbocycles. The van der Waals surface area contributed by atoms with Crippen molar-refractivity contribution in [3.05, 3.63) is 51.3 Å². The van der Waals surface area contributed by atoms with Gasteiger partial charge in [0.15, 0.2) is 0 Å². The fraction of sp³-hybridized carbons (Fsp3) is 0.400. The SMILES string of the molecule is CCCn1cc(C(O)c2cc(C)c(Br)c(C)c2)cn1. The van der Waals surface area contributed by atoms with E-state index in [9.17, 15) is 5.11 Å². The number of nitrogens with zero attached hydrogens (tertiary/aromatic N) is 2. The maximum absolute atomic E-state index is 10.4. The minimum atomic E-state index is -0.615. The molecule has 0 spiro atoms. The van der Waals surface area contributed by atoms with Crippen LogP contribution in [0, 0.1) is 13.8 Å². The van der Waals surface area contributed by atoms with Crippen molar-refractivity contribution < 1.29 is 5.11 Å². The van der Waals surface area contributed by atoms with Crippen molar-refractivity contribution in [2.45, 2.75) is 39.8 Å². The zero-order valence-electron chi connectivity index (χ0n) is 11.5. The van der Waals surface area contributed by atoms with Gasteiger partial charge in [-0.1, -0.05) is 35.0 Å². The van der Waals surface area contributed by atoms with Crippen molar-refractivity contribution in [3.63, 3.8) is 0 Å². The third kappa shape index (κ3) is 3.07. The van der Waals surface area contributed by atoms with Crippen LogP contribution in [0.2, 0.25) is 0 Å². The summed E-state index contributed by atoms with van der Waals surface area (Å²) in [5.74, 6) is 0. The van der Waals surface area contributed by atoms with Crippen LogP contribution in [0.4, 0.5) is 0 Å². The lowest BCUT2D eigenvalue weighted by molar-refractivity contribution is 0.220. The molecular weight excluding hydrogens is 304 g/mol. The molecule has 19 heavy (non-hydrogen) atoms. The van der Waals surface area contributed by atoms with Gasteiger partial charge in [0.2, 0.25) is 0 Å². The lowest BCUT2D eigenvalue weighted by atomic mass is 10.00. The maximum atomic E-state index is 10.4. The first kappa shape index (κ1) is 14.3. The van der Waals surface area contributed by atoms with Crippen LogP contribution >= 0.6 is 15.9 Å². The van der Waals surface area contributed by atoms with Gasteiger partial charge in [-0.25, -0.2) is 0 Å². The number of benzene rings is 1. The summed E-state index contributed by atoms with van der Waals surface area (Å²) in [6.07, 6.45) is 4.08. The summed E-state index contributed by atoms with van der Waals surface area (Å²) in [6.45, 7) is 7.06. The molecule has 102 valence electrons. The van der Waals surface area contributed by atoms with Gasteiger partial charge in [-0.15, -0.1) is 0 Å². The molecule has 0 saturated heterocycles. The van der Waals surface area contributed by atoms with Crippen LogP contribution in [0.25, 0.3) is 0 Å². The molecule has 2 aromatic rings. The standard InChI is InChI=1S/C15H19BrN2O/c1-4-5-18-9-13(8-17-18)15(19)12-6-10(2)14(16)11(3)7-12/h6-9,15,19H,4-5H2,1-3H3. The zero-order chi connectivity index (χ0) is 14.0. The van der Waals surface area contributed by atoms with E-state index in [-0.39, 0.29) is 0 Å². The molecule has 0 radical (unpaired) electrons. The Bertz CT molecular complexity index is 554. The van der Waals surface area contributed by atoms with E-state index in [2.05, 4.69) is 28.0 Å². The first-order valence-corrected chi connectivity index (χ1v) is 7.29. The minimum Gasteiger partial charge on any atom is -0.384 e. The Morgan fingerprint density at radius 3 is 2.47 bits per heavy atom. The van der Waals surface area contributed by atoms with Gasteiger partial charge in [-0.2, -0.15) is 5.10 Å². The Balaban J connectivity index is 2.30. The molecule has 0 aliphatic rings. The van der Waals surface area contributed by atoms with E-state index in [1.165, 1.54) is 0 Å². The summed E-state index contributed by atoms with van der Waals surface area (Å²) in [5, 5.41) is 14.7. The number of rotatable bonds is 4. The minimum absolute atomic E-state index is 0.615. The summed E-state index contributed by atoms with van der Waals surface area (Å²) >= 11 is 3.55. The maximum Gasteiger partial charge on any atom is 0.107 e. The van der Waals surface area contributed by atoms with Crippen LogP contribution in [-0.4, -0.2) is 14.9 Å². The predicted octanol–water partition coefficient (Wildman–Crippen LogP) is 3.75. The molecule has 1 atom stereocenters.